The van der Waals surface area contributed by atoms with Gasteiger partial charge in [0.1, 0.15) is 0 Å². The normalized spacial score (nSPS) is 21.2. The van der Waals surface area contributed by atoms with Gasteiger partial charge in [0.15, 0.2) is 0 Å². The standard InChI is InChI=1S/C25H28N4O2/c1-28-13-10-18(14-23(28)30)21-9-12-26-15-22(21)25(31)29(20-7-8-20)16-19-5-2-4-17-6-3-11-27-24(17)19/h2-6,10-11,13-14,20-22,26H,7-9,12,15-16H2,1H3/t21?,22-/m0/s1. The van der Waals surface area contributed by atoms with Gasteiger partial charge in [-0.05, 0) is 55.0 Å². The van der Waals surface area contributed by atoms with E-state index < -0.39 is 0 Å². The van der Waals surface area contributed by atoms with Gasteiger partial charge >= 0.3 is 0 Å². The molecule has 3 heterocycles. The molecule has 0 radical (unpaired) electrons. The molecule has 1 aliphatic carbocycles. The predicted molar refractivity (Wildman–Crippen MR) is 121 cm³/mol. The topological polar surface area (TPSA) is 67.2 Å². The molecule has 1 aromatic carbocycles. The lowest BCUT2D eigenvalue weighted by Gasteiger charge is -2.35. The molecule has 2 atom stereocenters. The van der Waals surface area contributed by atoms with Gasteiger partial charge in [-0.15, -0.1) is 0 Å². The lowest BCUT2D eigenvalue weighted by molar-refractivity contribution is -0.138. The van der Waals surface area contributed by atoms with Crippen LogP contribution in [0.2, 0.25) is 0 Å². The lowest BCUT2D eigenvalue weighted by Crippen LogP contribution is -2.47. The van der Waals surface area contributed by atoms with Gasteiger partial charge in [-0.3, -0.25) is 14.6 Å². The second-order valence-electron chi connectivity index (χ2n) is 8.80. The lowest BCUT2D eigenvalue weighted by atomic mass is 9.80. The van der Waals surface area contributed by atoms with Crippen LogP contribution in [0.5, 0.6) is 0 Å². The number of para-hydroxylation sites is 1. The van der Waals surface area contributed by atoms with Crippen LogP contribution in [0.3, 0.4) is 0 Å². The molecule has 3 aromatic rings. The van der Waals surface area contributed by atoms with Gasteiger partial charge in [-0.1, -0.05) is 24.3 Å². The third-order valence-electron chi connectivity index (χ3n) is 6.68. The van der Waals surface area contributed by atoms with Crippen molar-refractivity contribution in [2.75, 3.05) is 13.1 Å². The van der Waals surface area contributed by atoms with E-state index in [1.54, 1.807) is 17.7 Å². The van der Waals surface area contributed by atoms with Gasteiger partial charge in [0.2, 0.25) is 5.91 Å². The van der Waals surface area contributed by atoms with Crippen LogP contribution < -0.4 is 10.9 Å². The average molecular weight is 417 g/mol. The zero-order valence-electron chi connectivity index (χ0n) is 17.8. The summed E-state index contributed by atoms with van der Waals surface area (Å²) in [6.07, 6.45) is 6.59. The van der Waals surface area contributed by atoms with Crippen LogP contribution in [0.15, 0.2) is 59.7 Å². The highest BCUT2D eigenvalue weighted by atomic mass is 16.2. The minimum Gasteiger partial charge on any atom is -0.335 e. The Balaban J connectivity index is 1.45. The van der Waals surface area contributed by atoms with Crippen LogP contribution in [-0.4, -0.2) is 39.5 Å². The van der Waals surface area contributed by atoms with Gasteiger partial charge in [-0.25, -0.2) is 0 Å². The second kappa shape index (κ2) is 8.27. The van der Waals surface area contributed by atoms with Gasteiger partial charge in [0.05, 0.1) is 11.4 Å². The van der Waals surface area contributed by atoms with E-state index in [9.17, 15) is 9.59 Å². The number of hydrogen-bond donors (Lipinski definition) is 1. The highest BCUT2D eigenvalue weighted by Gasteiger charge is 2.40. The largest absolute Gasteiger partial charge is 0.335 e. The summed E-state index contributed by atoms with van der Waals surface area (Å²) in [5.41, 5.74) is 3.01. The first-order chi connectivity index (χ1) is 15.1. The third-order valence-corrected chi connectivity index (χ3v) is 6.68. The van der Waals surface area contributed by atoms with E-state index in [0.717, 1.165) is 47.8 Å². The first-order valence-corrected chi connectivity index (χ1v) is 11.1. The Morgan fingerprint density at radius 1 is 1.19 bits per heavy atom. The Hall–Kier alpha value is -2.99. The minimum atomic E-state index is -0.163. The van der Waals surface area contributed by atoms with Crippen LogP contribution in [0.4, 0.5) is 0 Å². The Bertz CT molecular complexity index is 1160. The van der Waals surface area contributed by atoms with Crippen LogP contribution in [-0.2, 0) is 18.4 Å². The number of nitrogens with zero attached hydrogens (tertiary/aromatic N) is 3. The van der Waals surface area contributed by atoms with Gasteiger partial charge in [-0.2, -0.15) is 0 Å². The molecule has 2 fully saturated rings. The van der Waals surface area contributed by atoms with E-state index in [1.807, 2.05) is 30.6 Å². The Labute approximate surface area is 181 Å². The predicted octanol–water partition coefficient (Wildman–Crippen LogP) is 2.82. The Morgan fingerprint density at radius 3 is 2.84 bits per heavy atom. The third kappa shape index (κ3) is 4.00. The van der Waals surface area contributed by atoms with Crippen molar-refractivity contribution in [1.82, 2.24) is 19.8 Å². The number of rotatable bonds is 5. The summed E-state index contributed by atoms with van der Waals surface area (Å²) in [5, 5.41) is 4.50. The monoisotopic (exact) mass is 416 g/mol. The smallest absolute Gasteiger partial charge is 0.250 e. The van der Waals surface area contributed by atoms with Gasteiger partial charge in [0.25, 0.3) is 5.56 Å². The van der Waals surface area contributed by atoms with Gasteiger partial charge < -0.3 is 14.8 Å². The SMILES string of the molecule is Cn1ccc(C2CCNC[C@@H]2C(=O)N(Cc2cccc3cccnc23)C2CC2)cc1=O. The number of piperidine rings is 1. The fourth-order valence-corrected chi connectivity index (χ4v) is 4.78. The van der Waals surface area contributed by atoms with E-state index in [1.165, 1.54) is 0 Å². The molecule has 2 aromatic heterocycles. The Kier molecular flexibility index (Phi) is 5.32. The summed E-state index contributed by atoms with van der Waals surface area (Å²) in [4.78, 5) is 32.7. The molecule has 1 N–H and O–H groups in total. The van der Waals surface area contributed by atoms with Crippen molar-refractivity contribution in [2.24, 2.45) is 13.0 Å². The molecule has 1 aliphatic heterocycles. The molecule has 6 heteroatoms. The van der Waals surface area contributed by atoms with Crippen LogP contribution in [0.1, 0.15) is 36.3 Å². The number of carbonyl (C=O) groups is 1. The number of fused-ring (bicyclic) bond motifs is 1. The van der Waals surface area contributed by atoms with Crippen molar-refractivity contribution in [3.05, 3.63) is 76.3 Å². The highest BCUT2D eigenvalue weighted by Crippen LogP contribution is 2.36. The number of benzene rings is 1. The fourth-order valence-electron chi connectivity index (χ4n) is 4.78. The van der Waals surface area contributed by atoms with Crippen molar-refractivity contribution < 1.29 is 4.79 Å². The quantitative estimate of drug-likeness (QED) is 0.695. The second-order valence-corrected chi connectivity index (χ2v) is 8.80. The molecule has 0 bridgehead atoms. The maximum absolute atomic E-state index is 13.8. The maximum Gasteiger partial charge on any atom is 0.250 e. The molecule has 1 unspecified atom stereocenters. The van der Waals surface area contributed by atoms with Crippen molar-refractivity contribution in [3.63, 3.8) is 0 Å². The first kappa shape index (κ1) is 19.9. The zero-order valence-corrected chi connectivity index (χ0v) is 17.8. The fraction of sp³-hybridized carbons (Fsp3) is 0.400. The summed E-state index contributed by atoms with van der Waals surface area (Å²) >= 11 is 0. The van der Waals surface area contributed by atoms with Crippen molar-refractivity contribution >= 4 is 16.8 Å². The van der Waals surface area contributed by atoms with Gasteiger partial charge in [0, 0.05) is 50.0 Å². The molecule has 1 saturated heterocycles. The number of aromatic nitrogens is 2. The molecule has 6 nitrogen and oxygen atoms in total. The average Bonchev–Trinajstić information content (AvgIpc) is 3.64. The zero-order chi connectivity index (χ0) is 21.4. The number of nitrogens with one attached hydrogen (secondary N) is 1. The first-order valence-electron chi connectivity index (χ1n) is 11.1. The molecule has 1 amide bonds. The molecule has 5 rings (SSSR count). The Morgan fingerprint density at radius 2 is 2.03 bits per heavy atom. The number of aryl methyl sites for hydroxylation is 1. The van der Waals surface area contributed by atoms with Crippen molar-refractivity contribution in [3.8, 4) is 0 Å². The van der Waals surface area contributed by atoms with Crippen LogP contribution in [0.25, 0.3) is 10.9 Å². The molecule has 2 aliphatic rings. The molecule has 160 valence electrons. The summed E-state index contributed by atoms with van der Waals surface area (Å²) in [7, 11) is 1.75. The summed E-state index contributed by atoms with van der Waals surface area (Å²) in [5.74, 6) is 0.0900. The van der Waals surface area contributed by atoms with E-state index in [-0.39, 0.29) is 23.3 Å². The van der Waals surface area contributed by atoms with E-state index in [2.05, 4.69) is 33.4 Å². The number of pyridine rings is 2. The summed E-state index contributed by atoms with van der Waals surface area (Å²) in [6.45, 7) is 2.09. The minimum absolute atomic E-state index is 0.0249. The molecule has 31 heavy (non-hydrogen) atoms. The summed E-state index contributed by atoms with van der Waals surface area (Å²) < 4.78 is 1.57. The van der Waals surface area contributed by atoms with Crippen LogP contribution in [0, 0.1) is 5.92 Å². The van der Waals surface area contributed by atoms with Crippen LogP contribution >= 0.6 is 0 Å². The number of carbonyl (C=O) groups excluding carboxylic acids is 1. The maximum atomic E-state index is 13.8. The molecule has 0 spiro atoms. The molecular weight excluding hydrogens is 388 g/mol. The van der Waals surface area contributed by atoms with E-state index >= 15 is 0 Å². The number of amides is 1. The molecular formula is C25H28N4O2. The van der Waals surface area contributed by atoms with Crippen molar-refractivity contribution in [2.45, 2.75) is 37.8 Å². The van der Waals surface area contributed by atoms with E-state index in [4.69, 9.17) is 0 Å². The highest BCUT2D eigenvalue weighted by molar-refractivity contribution is 5.84. The summed E-state index contributed by atoms with van der Waals surface area (Å²) in [6, 6.07) is 14.2. The van der Waals surface area contributed by atoms with E-state index in [0.29, 0.717) is 19.1 Å². The molecule has 1 saturated carbocycles. The number of hydrogen-bond acceptors (Lipinski definition) is 4. The van der Waals surface area contributed by atoms with Crippen molar-refractivity contribution in [1.29, 1.82) is 0 Å².